The van der Waals surface area contributed by atoms with Gasteiger partial charge in [-0.05, 0) is 5.92 Å². The average molecular weight is 364 g/mol. The molecule has 5 heteroatoms. The highest BCUT2D eigenvalue weighted by Gasteiger charge is 2.34. The minimum Gasteiger partial charge on any atom is -0.496 e. The number of hydrogen-bond acceptors (Lipinski definition) is 5. The van der Waals surface area contributed by atoms with E-state index in [2.05, 4.69) is 0 Å². The minimum atomic E-state index is -0.288. The third kappa shape index (κ3) is 2.89. The van der Waals surface area contributed by atoms with E-state index in [-0.39, 0.29) is 29.7 Å². The fraction of sp³-hybridized carbons (Fsp3) is 0.273. The molecule has 138 valence electrons. The molecule has 0 amide bonds. The number of carbonyl (C=O) groups is 1. The molecule has 2 heterocycles. The van der Waals surface area contributed by atoms with E-state index in [1.54, 1.807) is 6.07 Å². The summed E-state index contributed by atoms with van der Waals surface area (Å²) < 4.78 is 17.1. The summed E-state index contributed by atoms with van der Waals surface area (Å²) in [7, 11) is 1.48. The van der Waals surface area contributed by atoms with Gasteiger partial charge in [0.2, 0.25) is 0 Å². The van der Waals surface area contributed by atoms with Gasteiger partial charge in [0.15, 0.2) is 5.43 Å². The molecule has 2 aromatic carbocycles. The molecule has 27 heavy (non-hydrogen) atoms. The molecule has 0 saturated carbocycles. The van der Waals surface area contributed by atoms with Crippen LogP contribution in [-0.2, 0) is 4.79 Å². The van der Waals surface area contributed by atoms with Gasteiger partial charge in [-0.3, -0.25) is 9.59 Å². The van der Waals surface area contributed by atoms with Crippen molar-refractivity contribution in [2.24, 2.45) is 5.92 Å². The molecule has 1 aliphatic rings. The molecule has 0 saturated heterocycles. The standard InChI is InChI=1S/C22H20O5/c1-12(2)14-9-19(24)26-18-11-17(25-3)21-15(23)10-16(27-22(21)20(14)18)13-7-5-4-6-8-13/h4-8,10-12,14H,9H2,1-3H3. The molecule has 0 bridgehead atoms. The summed E-state index contributed by atoms with van der Waals surface area (Å²) >= 11 is 0. The van der Waals surface area contributed by atoms with Gasteiger partial charge in [0, 0.05) is 29.2 Å². The van der Waals surface area contributed by atoms with Gasteiger partial charge in [0.05, 0.1) is 13.5 Å². The minimum absolute atomic E-state index is 0.0937. The first-order valence-electron chi connectivity index (χ1n) is 8.94. The largest absolute Gasteiger partial charge is 0.496 e. The number of methoxy groups -OCH3 is 1. The third-order valence-electron chi connectivity index (χ3n) is 5.03. The normalized spacial score (nSPS) is 16.3. The maximum absolute atomic E-state index is 12.9. The fourth-order valence-electron chi connectivity index (χ4n) is 3.65. The second kappa shape index (κ2) is 6.58. The fourth-order valence-corrected chi connectivity index (χ4v) is 3.65. The Morgan fingerprint density at radius 3 is 2.52 bits per heavy atom. The summed E-state index contributed by atoms with van der Waals surface area (Å²) in [4.78, 5) is 25.0. The number of ether oxygens (including phenoxy) is 2. The molecule has 1 unspecified atom stereocenters. The van der Waals surface area contributed by atoms with Crippen LogP contribution in [0.15, 0.2) is 51.7 Å². The van der Waals surface area contributed by atoms with Crippen LogP contribution in [-0.4, -0.2) is 13.1 Å². The summed E-state index contributed by atoms with van der Waals surface area (Å²) in [5, 5.41) is 0.375. The quantitative estimate of drug-likeness (QED) is 0.505. The smallest absolute Gasteiger partial charge is 0.311 e. The zero-order valence-electron chi connectivity index (χ0n) is 15.4. The zero-order chi connectivity index (χ0) is 19.1. The van der Waals surface area contributed by atoms with E-state index >= 15 is 0 Å². The summed E-state index contributed by atoms with van der Waals surface area (Å²) in [6.07, 6.45) is 0.255. The molecule has 3 aromatic rings. The second-order valence-electron chi connectivity index (χ2n) is 7.06. The number of esters is 1. The first kappa shape index (κ1) is 17.3. The summed E-state index contributed by atoms with van der Waals surface area (Å²) in [6.45, 7) is 4.09. The van der Waals surface area contributed by atoms with Crippen LogP contribution in [0.1, 0.15) is 31.7 Å². The monoisotopic (exact) mass is 364 g/mol. The summed E-state index contributed by atoms with van der Waals surface area (Å²) in [5.74, 6) is 1.02. The van der Waals surface area contributed by atoms with Crippen LogP contribution in [0, 0.1) is 5.92 Å². The van der Waals surface area contributed by atoms with Crippen LogP contribution in [0.5, 0.6) is 11.5 Å². The van der Waals surface area contributed by atoms with Gasteiger partial charge >= 0.3 is 5.97 Å². The molecule has 1 aliphatic heterocycles. The van der Waals surface area contributed by atoms with Gasteiger partial charge in [-0.25, -0.2) is 0 Å². The lowest BCUT2D eigenvalue weighted by Crippen LogP contribution is -2.24. The van der Waals surface area contributed by atoms with Crippen LogP contribution in [0.25, 0.3) is 22.3 Å². The lowest BCUT2D eigenvalue weighted by atomic mass is 9.82. The number of fused-ring (bicyclic) bond motifs is 3. The van der Waals surface area contributed by atoms with Crippen molar-refractivity contribution in [2.45, 2.75) is 26.2 Å². The van der Waals surface area contributed by atoms with Crippen molar-refractivity contribution >= 4 is 16.9 Å². The van der Waals surface area contributed by atoms with Crippen molar-refractivity contribution < 1.29 is 18.7 Å². The van der Waals surface area contributed by atoms with Gasteiger partial charge in [-0.15, -0.1) is 0 Å². The number of hydrogen-bond donors (Lipinski definition) is 0. The molecule has 0 spiro atoms. The first-order chi connectivity index (χ1) is 13.0. The van der Waals surface area contributed by atoms with E-state index in [4.69, 9.17) is 13.9 Å². The second-order valence-corrected chi connectivity index (χ2v) is 7.06. The Hall–Kier alpha value is -3.08. The molecule has 4 rings (SSSR count). The maximum Gasteiger partial charge on any atom is 0.311 e. The number of benzene rings is 2. The van der Waals surface area contributed by atoms with Crippen molar-refractivity contribution in [3.63, 3.8) is 0 Å². The molecule has 1 aromatic heterocycles. The molecular weight excluding hydrogens is 344 g/mol. The lowest BCUT2D eigenvalue weighted by Gasteiger charge is -2.28. The summed E-state index contributed by atoms with van der Waals surface area (Å²) in [6, 6.07) is 12.5. The maximum atomic E-state index is 12.9. The van der Waals surface area contributed by atoms with E-state index in [1.165, 1.54) is 13.2 Å². The molecule has 5 nitrogen and oxygen atoms in total. The van der Waals surface area contributed by atoms with Crippen molar-refractivity contribution in [1.29, 1.82) is 0 Å². The van der Waals surface area contributed by atoms with E-state index in [1.807, 2.05) is 44.2 Å². The van der Waals surface area contributed by atoms with E-state index < -0.39 is 0 Å². The molecule has 0 radical (unpaired) electrons. The van der Waals surface area contributed by atoms with Gasteiger partial charge in [0.1, 0.15) is 28.2 Å². The molecule has 1 atom stereocenters. The number of carbonyl (C=O) groups excluding carboxylic acids is 1. The van der Waals surface area contributed by atoms with E-state index in [0.717, 1.165) is 11.1 Å². The Morgan fingerprint density at radius 1 is 1.11 bits per heavy atom. The Labute approximate surface area is 156 Å². The topological polar surface area (TPSA) is 65.7 Å². The highest BCUT2D eigenvalue weighted by molar-refractivity contribution is 5.92. The Kier molecular flexibility index (Phi) is 4.22. The first-order valence-corrected chi connectivity index (χ1v) is 8.94. The highest BCUT2D eigenvalue weighted by Crippen LogP contribution is 2.46. The Morgan fingerprint density at radius 2 is 1.85 bits per heavy atom. The summed E-state index contributed by atoms with van der Waals surface area (Å²) in [5.41, 5.74) is 1.81. The molecule has 0 fully saturated rings. The Bertz CT molecular complexity index is 1080. The van der Waals surface area contributed by atoms with Crippen molar-refractivity contribution in [3.8, 4) is 22.8 Å². The van der Waals surface area contributed by atoms with Crippen molar-refractivity contribution in [2.75, 3.05) is 7.11 Å². The molecule has 0 aliphatic carbocycles. The van der Waals surface area contributed by atoms with Crippen LogP contribution < -0.4 is 14.9 Å². The Balaban J connectivity index is 2.09. The zero-order valence-corrected chi connectivity index (χ0v) is 15.4. The average Bonchev–Trinajstić information content (AvgIpc) is 2.66. The van der Waals surface area contributed by atoms with Crippen LogP contribution in [0.4, 0.5) is 0 Å². The van der Waals surface area contributed by atoms with Gasteiger partial charge in [-0.1, -0.05) is 44.2 Å². The predicted molar refractivity (Wildman–Crippen MR) is 102 cm³/mol. The number of rotatable bonds is 3. The van der Waals surface area contributed by atoms with Crippen LogP contribution in [0.2, 0.25) is 0 Å². The lowest BCUT2D eigenvalue weighted by molar-refractivity contribution is -0.136. The van der Waals surface area contributed by atoms with Crippen molar-refractivity contribution in [3.05, 3.63) is 58.3 Å². The predicted octanol–water partition coefficient (Wildman–Crippen LogP) is 4.52. The van der Waals surface area contributed by atoms with Gasteiger partial charge in [0.25, 0.3) is 0 Å². The van der Waals surface area contributed by atoms with E-state index in [9.17, 15) is 9.59 Å². The van der Waals surface area contributed by atoms with Crippen molar-refractivity contribution in [1.82, 2.24) is 0 Å². The van der Waals surface area contributed by atoms with Gasteiger partial charge in [-0.2, -0.15) is 0 Å². The van der Waals surface area contributed by atoms with Crippen LogP contribution in [0.3, 0.4) is 0 Å². The third-order valence-corrected chi connectivity index (χ3v) is 5.03. The molecular formula is C22H20O5. The van der Waals surface area contributed by atoms with Crippen LogP contribution >= 0.6 is 0 Å². The highest BCUT2D eigenvalue weighted by atomic mass is 16.5. The SMILES string of the molecule is COc1cc2c(c3oc(-c4ccccc4)cc(=O)c13)C(C(C)C)CC(=O)O2. The van der Waals surface area contributed by atoms with Gasteiger partial charge < -0.3 is 13.9 Å². The van der Waals surface area contributed by atoms with E-state index in [0.29, 0.717) is 28.2 Å². The molecule has 0 N–H and O–H groups in total.